The predicted molar refractivity (Wildman–Crippen MR) is 196 cm³/mol. The van der Waals surface area contributed by atoms with E-state index in [0.717, 1.165) is 61.1 Å². The predicted octanol–water partition coefficient (Wildman–Crippen LogP) is 5.54. The summed E-state index contributed by atoms with van der Waals surface area (Å²) >= 11 is 0. The molecule has 2 N–H and O–H groups in total. The summed E-state index contributed by atoms with van der Waals surface area (Å²) in [5, 5.41) is 13.5. The van der Waals surface area contributed by atoms with Crippen LogP contribution in [-0.2, 0) is 0 Å². The third kappa shape index (κ3) is 6.47. The van der Waals surface area contributed by atoms with Crippen LogP contribution in [-0.4, -0.2) is 106 Å². The fourth-order valence-electron chi connectivity index (χ4n) is 9.18. The van der Waals surface area contributed by atoms with E-state index < -0.39 is 0 Å². The number of hydrogen-bond donors (Lipinski definition) is 2. The van der Waals surface area contributed by atoms with Crippen molar-refractivity contribution in [1.82, 2.24) is 29.3 Å². The molecule has 1 aromatic carbocycles. The lowest BCUT2D eigenvalue weighted by molar-refractivity contribution is -0.0419. The Morgan fingerprint density at radius 3 is 2.42 bits per heavy atom. The van der Waals surface area contributed by atoms with Crippen molar-refractivity contribution in [3.05, 3.63) is 60.0 Å². The second kappa shape index (κ2) is 13.6. The normalized spacial score (nSPS) is 23.2. The third-order valence-electron chi connectivity index (χ3n) is 11.8. The number of carbonyl (C=O) groups is 1. The molecule has 4 fully saturated rings. The zero-order chi connectivity index (χ0) is 34.4. The molecule has 3 saturated heterocycles. The maximum absolute atomic E-state index is 13.9. The number of amides is 1. The molecule has 1 spiro atoms. The monoisotopic (exact) mass is 678 g/mol. The van der Waals surface area contributed by atoms with E-state index in [0.29, 0.717) is 34.4 Å². The molecule has 1 aliphatic carbocycles. The molecule has 50 heavy (non-hydrogen) atoms. The van der Waals surface area contributed by atoms with Crippen LogP contribution in [0.5, 0.6) is 5.75 Å². The van der Waals surface area contributed by atoms with E-state index >= 15 is 0 Å². The van der Waals surface area contributed by atoms with E-state index in [2.05, 4.69) is 59.8 Å². The average molecular weight is 679 g/mol. The molecule has 1 saturated carbocycles. The number of likely N-dealkylation sites (tertiary alicyclic amines) is 2. The summed E-state index contributed by atoms with van der Waals surface area (Å²) in [6, 6.07) is 12.7. The van der Waals surface area contributed by atoms with Crippen molar-refractivity contribution >= 4 is 28.6 Å². The summed E-state index contributed by atoms with van der Waals surface area (Å²) in [6.45, 7) is 9.00. The van der Waals surface area contributed by atoms with Gasteiger partial charge in [-0.15, -0.1) is 0 Å². The van der Waals surface area contributed by atoms with Crippen molar-refractivity contribution in [2.45, 2.75) is 76.5 Å². The van der Waals surface area contributed by atoms with Gasteiger partial charge in [-0.2, -0.15) is 0 Å². The van der Waals surface area contributed by atoms with Crippen LogP contribution in [0.3, 0.4) is 0 Å². The summed E-state index contributed by atoms with van der Waals surface area (Å²) in [5.41, 5.74) is 6.25. The summed E-state index contributed by atoms with van der Waals surface area (Å²) < 4.78 is 7.76. The zero-order valence-corrected chi connectivity index (χ0v) is 29.6. The first-order chi connectivity index (χ1) is 24.3. The van der Waals surface area contributed by atoms with Crippen LogP contribution in [0.2, 0.25) is 0 Å². The van der Waals surface area contributed by atoms with E-state index in [1.165, 1.54) is 57.5 Å². The van der Waals surface area contributed by atoms with E-state index in [9.17, 15) is 9.90 Å². The molecule has 0 bridgehead atoms. The van der Waals surface area contributed by atoms with E-state index in [4.69, 9.17) is 9.72 Å². The summed E-state index contributed by atoms with van der Waals surface area (Å²) in [5.74, 6) is 0.937. The second-order valence-corrected chi connectivity index (χ2v) is 15.3. The smallest absolute Gasteiger partial charge is 0.258 e. The second-order valence-electron chi connectivity index (χ2n) is 15.3. The molecule has 11 nitrogen and oxygen atoms in total. The number of methoxy groups -OCH3 is 1. The maximum atomic E-state index is 13.9. The van der Waals surface area contributed by atoms with Crippen molar-refractivity contribution in [2.75, 3.05) is 63.6 Å². The molecule has 1 amide bonds. The number of nitrogens with zero attached hydrogens (tertiary/aromatic N) is 7. The van der Waals surface area contributed by atoms with Gasteiger partial charge < -0.3 is 29.1 Å². The number of aliphatic hydroxyl groups is 1. The first-order valence-electron chi connectivity index (χ1n) is 18.4. The van der Waals surface area contributed by atoms with Crippen LogP contribution in [0.4, 0.5) is 11.6 Å². The van der Waals surface area contributed by atoms with Gasteiger partial charge in [0.2, 0.25) is 5.95 Å². The highest BCUT2D eigenvalue weighted by atomic mass is 16.5. The Hall–Kier alpha value is -4.06. The van der Waals surface area contributed by atoms with Gasteiger partial charge in [0.05, 0.1) is 35.5 Å². The van der Waals surface area contributed by atoms with Gasteiger partial charge >= 0.3 is 0 Å². The average Bonchev–Trinajstić information content (AvgIpc) is 3.48. The Kier molecular flexibility index (Phi) is 8.99. The minimum absolute atomic E-state index is 0.131. The number of pyridine rings is 2. The number of ether oxygens (including phenoxy) is 1. The number of anilines is 2. The van der Waals surface area contributed by atoms with Crippen LogP contribution >= 0.6 is 0 Å². The van der Waals surface area contributed by atoms with Crippen LogP contribution in [0, 0.1) is 12.3 Å². The van der Waals surface area contributed by atoms with Gasteiger partial charge in [0.25, 0.3) is 5.91 Å². The van der Waals surface area contributed by atoms with Crippen LogP contribution in [0.25, 0.3) is 22.3 Å². The van der Waals surface area contributed by atoms with Crippen molar-refractivity contribution in [3.8, 4) is 17.0 Å². The minimum Gasteiger partial charge on any atom is -0.496 e. The zero-order valence-electron chi connectivity index (χ0n) is 29.6. The molecular formula is C39H50N8O3. The summed E-state index contributed by atoms with van der Waals surface area (Å²) in [7, 11) is 3.86. The number of fused-ring (bicyclic) bond motifs is 1. The summed E-state index contributed by atoms with van der Waals surface area (Å²) in [4.78, 5) is 35.6. The van der Waals surface area contributed by atoms with E-state index in [1.807, 2.05) is 6.92 Å². The van der Waals surface area contributed by atoms with Gasteiger partial charge in [0, 0.05) is 67.6 Å². The largest absolute Gasteiger partial charge is 0.496 e. The Bertz CT molecular complexity index is 1840. The molecule has 0 atom stereocenters. The van der Waals surface area contributed by atoms with Crippen LogP contribution in [0.1, 0.15) is 73.5 Å². The number of carbonyl (C=O) groups excluding carboxylic acids is 1. The fraction of sp³-hybridized carbons (Fsp3) is 0.538. The molecule has 4 aromatic rings. The highest BCUT2D eigenvalue weighted by Crippen LogP contribution is 2.41. The van der Waals surface area contributed by atoms with Crippen molar-refractivity contribution < 1.29 is 14.6 Å². The number of piperidine rings is 2. The molecule has 3 aromatic heterocycles. The standard InChI is InChI=1S/C39H50N8O3/c1-26-20-27(21-34(41-26)32-23-40-15-10-36(32)50-3)37(49)43-38-42-33-9-6-30(22-35(33)47(38)29-4-7-31(48)8-5-29)45-16-11-28(12-17-45)46-18-13-39(14-19-46)24-44(2)25-39/h6,9-10,15,20-23,28-29,31,48H,4-5,7-8,11-14,16-19,24-25H2,1-3H3,(H,42,43,49)/t29-,31+. The minimum atomic E-state index is -0.279. The molecule has 4 aliphatic rings. The van der Waals surface area contributed by atoms with Gasteiger partial charge in [-0.1, -0.05) is 0 Å². The molecule has 3 aliphatic heterocycles. The maximum Gasteiger partial charge on any atom is 0.258 e. The Balaban J connectivity index is 1.03. The number of benzene rings is 1. The lowest BCUT2D eigenvalue weighted by Crippen LogP contribution is -2.60. The van der Waals surface area contributed by atoms with Gasteiger partial charge in [0.15, 0.2) is 0 Å². The molecule has 6 heterocycles. The molecular weight excluding hydrogens is 628 g/mol. The first kappa shape index (κ1) is 33.1. The molecule has 0 radical (unpaired) electrons. The van der Waals surface area contributed by atoms with Gasteiger partial charge in [-0.05, 0) is 120 Å². The molecule has 8 rings (SSSR count). The Morgan fingerprint density at radius 1 is 0.940 bits per heavy atom. The van der Waals surface area contributed by atoms with Gasteiger partial charge in [-0.3, -0.25) is 20.1 Å². The topological polar surface area (TPSA) is 112 Å². The molecule has 11 heteroatoms. The highest BCUT2D eigenvalue weighted by molar-refractivity contribution is 6.05. The van der Waals surface area contributed by atoms with Gasteiger partial charge in [-0.25, -0.2) is 4.98 Å². The number of aromatic nitrogens is 4. The van der Waals surface area contributed by atoms with Crippen molar-refractivity contribution in [1.29, 1.82) is 0 Å². The lowest BCUT2D eigenvalue weighted by Gasteiger charge is -2.54. The number of hydrogen-bond acceptors (Lipinski definition) is 9. The molecule has 0 unspecified atom stereocenters. The SMILES string of the molecule is COc1ccncc1-c1cc(C(=O)Nc2nc3ccc(N4CCC(N5CCC6(CC5)CN(C)C6)CC4)cc3n2[C@H]2CC[C@@H](O)CC2)cc(C)n1. The number of aryl methyl sites for hydroxylation is 1. The van der Waals surface area contributed by atoms with Gasteiger partial charge in [0.1, 0.15) is 5.75 Å². The van der Waals surface area contributed by atoms with Crippen LogP contribution in [0.15, 0.2) is 48.8 Å². The fourth-order valence-corrected chi connectivity index (χ4v) is 9.18. The first-order valence-corrected chi connectivity index (χ1v) is 18.4. The summed E-state index contributed by atoms with van der Waals surface area (Å²) in [6.07, 6.45) is 11.3. The quantitative estimate of drug-likeness (QED) is 0.261. The number of rotatable bonds is 7. The van der Waals surface area contributed by atoms with Crippen molar-refractivity contribution in [3.63, 3.8) is 0 Å². The molecule has 264 valence electrons. The van der Waals surface area contributed by atoms with Crippen LogP contribution < -0.4 is 15.0 Å². The van der Waals surface area contributed by atoms with E-state index in [1.54, 1.807) is 37.7 Å². The van der Waals surface area contributed by atoms with Crippen molar-refractivity contribution in [2.24, 2.45) is 5.41 Å². The highest BCUT2D eigenvalue weighted by Gasteiger charge is 2.44. The Labute approximate surface area is 294 Å². The lowest BCUT2D eigenvalue weighted by atomic mass is 9.72. The van der Waals surface area contributed by atoms with E-state index in [-0.39, 0.29) is 18.1 Å². The third-order valence-corrected chi connectivity index (χ3v) is 11.8. The number of imidazole rings is 1. The Morgan fingerprint density at radius 2 is 1.70 bits per heavy atom. The number of aliphatic hydroxyl groups excluding tert-OH is 1. The number of nitrogens with one attached hydrogen (secondary N) is 1.